The highest BCUT2D eigenvalue weighted by molar-refractivity contribution is 6.09. The van der Waals surface area contributed by atoms with Crippen molar-refractivity contribution in [2.75, 3.05) is 0 Å². The average Bonchev–Trinajstić information content (AvgIpc) is 3.61. The Hall–Kier alpha value is -5.55. The summed E-state index contributed by atoms with van der Waals surface area (Å²) in [6.07, 6.45) is 1.89. The van der Waals surface area contributed by atoms with Crippen molar-refractivity contribution in [2.45, 2.75) is 13.8 Å². The van der Waals surface area contributed by atoms with E-state index in [0.29, 0.717) is 5.71 Å². The van der Waals surface area contributed by atoms with Crippen LogP contribution in [-0.2, 0) is 0 Å². The smallest absolute Gasteiger partial charge is 0.227 e. The summed E-state index contributed by atoms with van der Waals surface area (Å²) in [4.78, 5) is 14.8. The van der Waals surface area contributed by atoms with Gasteiger partial charge in [-0.3, -0.25) is 9.55 Å². The van der Waals surface area contributed by atoms with Crippen LogP contribution >= 0.6 is 0 Å². The molecule has 200 valence electrons. The minimum absolute atomic E-state index is 0.611. The van der Waals surface area contributed by atoms with Gasteiger partial charge in [-0.2, -0.15) is 0 Å². The van der Waals surface area contributed by atoms with Crippen LogP contribution in [-0.4, -0.2) is 19.5 Å². The van der Waals surface area contributed by atoms with Gasteiger partial charge in [0.1, 0.15) is 0 Å². The lowest BCUT2D eigenvalue weighted by molar-refractivity contribution is 0.652. The third kappa shape index (κ3) is 3.75. The number of para-hydroxylation sites is 3. The van der Waals surface area contributed by atoms with Crippen molar-refractivity contribution in [2.24, 2.45) is 0 Å². The van der Waals surface area contributed by atoms with E-state index in [-0.39, 0.29) is 0 Å². The second kappa shape index (κ2) is 9.53. The summed E-state index contributed by atoms with van der Waals surface area (Å²) in [7, 11) is 0. The van der Waals surface area contributed by atoms with Crippen LogP contribution in [0.5, 0.6) is 0 Å². The first kappa shape index (κ1) is 24.3. The Morgan fingerprint density at radius 1 is 0.619 bits per heavy atom. The molecule has 0 aliphatic carbocycles. The molecule has 8 rings (SSSR count). The maximum atomic E-state index is 6.51. The van der Waals surface area contributed by atoms with E-state index in [0.717, 1.165) is 78.1 Å². The third-order valence-electron chi connectivity index (χ3n) is 7.92. The lowest BCUT2D eigenvalue weighted by Gasteiger charge is -2.19. The number of imidazole rings is 1. The predicted octanol–water partition coefficient (Wildman–Crippen LogP) is 9.33. The lowest BCUT2D eigenvalue weighted by atomic mass is 9.95. The van der Waals surface area contributed by atoms with Gasteiger partial charge >= 0.3 is 0 Å². The van der Waals surface area contributed by atoms with Crippen LogP contribution < -0.4 is 0 Å². The van der Waals surface area contributed by atoms with Gasteiger partial charge in [0, 0.05) is 28.7 Å². The van der Waals surface area contributed by atoms with Crippen LogP contribution in [0.1, 0.15) is 11.4 Å². The predicted molar refractivity (Wildman–Crippen MR) is 170 cm³/mol. The van der Waals surface area contributed by atoms with Crippen molar-refractivity contribution in [1.29, 1.82) is 0 Å². The summed E-state index contributed by atoms with van der Waals surface area (Å²) >= 11 is 0. The SMILES string of the molecule is Cc1ccc2c(n1)oc1c(-c3nc4ccccc4n3-c3c(-c4ccccc4)cccc3-c3ccccc3)cnc(C)c12. The number of hydrogen-bond donors (Lipinski definition) is 0. The van der Waals surface area contributed by atoms with E-state index in [2.05, 4.69) is 95.6 Å². The van der Waals surface area contributed by atoms with Crippen LogP contribution in [0.25, 0.3) is 72.4 Å². The lowest BCUT2D eigenvalue weighted by Crippen LogP contribution is -2.03. The van der Waals surface area contributed by atoms with E-state index in [9.17, 15) is 0 Å². The molecule has 0 fully saturated rings. The molecule has 0 aliphatic heterocycles. The molecule has 4 aromatic carbocycles. The van der Waals surface area contributed by atoms with E-state index in [1.165, 1.54) is 0 Å². The molecule has 0 atom stereocenters. The zero-order chi connectivity index (χ0) is 28.2. The van der Waals surface area contributed by atoms with E-state index < -0.39 is 0 Å². The van der Waals surface area contributed by atoms with Crippen LogP contribution in [0.2, 0.25) is 0 Å². The molecule has 0 saturated carbocycles. The number of aryl methyl sites for hydroxylation is 2. The third-order valence-corrected chi connectivity index (χ3v) is 7.92. The normalized spacial score (nSPS) is 11.6. The molecule has 8 aromatic rings. The minimum atomic E-state index is 0.611. The highest BCUT2D eigenvalue weighted by atomic mass is 16.3. The Morgan fingerprint density at radius 3 is 2.00 bits per heavy atom. The van der Waals surface area contributed by atoms with Crippen molar-refractivity contribution in [1.82, 2.24) is 19.5 Å². The number of benzene rings is 4. The van der Waals surface area contributed by atoms with Crippen molar-refractivity contribution < 1.29 is 4.42 Å². The number of nitrogens with zero attached hydrogens (tertiary/aromatic N) is 4. The van der Waals surface area contributed by atoms with Gasteiger partial charge in [0.15, 0.2) is 11.4 Å². The van der Waals surface area contributed by atoms with Crippen LogP contribution in [0.4, 0.5) is 0 Å². The highest BCUT2D eigenvalue weighted by Gasteiger charge is 2.25. The summed E-state index contributed by atoms with van der Waals surface area (Å²) in [6, 6.07) is 39.9. The molecule has 5 nitrogen and oxygen atoms in total. The number of aromatic nitrogens is 4. The van der Waals surface area contributed by atoms with Crippen molar-refractivity contribution >= 4 is 33.1 Å². The largest absolute Gasteiger partial charge is 0.437 e. The topological polar surface area (TPSA) is 56.7 Å². The summed E-state index contributed by atoms with van der Waals surface area (Å²) in [6.45, 7) is 3.99. The fourth-order valence-electron chi connectivity index (χ4n) is 5.98. The first-order valence-corrected chi connectivity index (χ1v) is 14.0. The molecule has 0 bridgehead atoms. The first-order valence-electron chi connectivity index (χ1n) is 14.0. The van der Waals surface area contributed by atoms with E-state index in [1.807, 2.05) is 44.3 Å². The molecule has 42 heavy (non-hydrogen) atoms. The maximum Gasteiger partial charge on any atom is 0.227 e. The zero-order valence-corrected chi connectivity index (χ0v) is 23.2. The summed E-state index contributed by atoms with van der Waals surface area (Å²) in [5.74, 6) is 0.769. The summed E-state index contributed by atoms with van der Waals surface area (Å²) in [5.41, 5.74) is 11.4. The fourth-order valence-corrected chi connectivity index (χ4v) is 5.98. The van der Waals surface area contributed by atoms with Gasteiger partial charge in [0.05, 0.1) is 33.1 Å². The number of furan rings is 1. The second-order valence-corrected chi connectivity index (χ2v) is 10.6. The standard InChI is InChI=1S/C37H26N4O/c1-23-20-21-29-33-24(2)38-22-30(35(33)42-37(29)39-23)36-40-31-18-9-10-19-32(31)41(36)34-27(25-12-5-3-6-13-25)16-11-17-28(34)26-14-7-4-8-15-26/h3-22H,1-2H3. The number of rotatable bonds is 4. The Kier molecular flexibility index (Phi) is 5.50. The quantitative estimate of drug-likeness (QED) is 0.222. The zero-order valence-electron chi connectivity index (χ0n) is 23.2. The van der Waals surface area contributed by atoms with Gasteiger partial charge in [0.25, 0.3) is 0 Å². The molecule has 4 aromatic heterocycles. The Balaban J connectivity index is 1.53. The summed E-state index contributed by atoms with van der Waals surface area (Å²) in [5, 5.41) is 1.92. The minimum Gasteiger partial charge on any atom is -0.437 e. The van der Waals surface area contributed by atoms with Crippen molar-refractivity contribution in [3.05, 3.63) is 133 Å². The number of fused-ring (bicyclic) bond motifs is 4. The van der Waals surface area contributed by atoms with Gasteiger partial charge in [0.2, 0.25) is 5.71 Å². The van der Waals surface area contributed by atoms with Gasteiger partial charge < -0.3 is 4.42 Å². The Bertz CT molecular complexity index is 2210. The van der Waals surface area contributed by atoms with E-state index in [1.54, 1.807) is 0 Å². The molecule has 0 unspecified atom stereocenters. The van der Waals surface area contributed by atoms with Crippen molar-refractivity contribution in [3.8, 4) is 39.3 Å². The van der Waals surface area contributed by atoms with Crippen LogP contribution in [0.3, 0.4) is 0 Å². The molecule has 0 amide bonds. The first-order chi connectivity index (χ1) is 20.7. The Labute approximate surface area is 242 Å². The maximum absolute atomic E-state index is 6.51. The average molecular weight is 543 g/mol. The molecule has 0 radical (unpaired) electrons. The monoisotopic (exact) mass is 542 g/mol. The molecular formula is C37H26N4O. The van der Waals surface area contributed by atoms with Crippen LogP contribution in [0, 0.1) is 13.8 Å². The second-order valence-electron chi connectivity index (χ2n) is 10.6. The van der Waals surface area contributed by atoms with Gasteiger partial charge in [-0.25, -0.2) is 9.97 Å². The van der Waals surface area contributed by atoms with Gasteiger partial charge in [-0.05, 0) is 49.2 Å². The molecular weight excluding hydrogens is 516 g/mol. The Morgan fingerprint density at radius 2 is 1.29 bits per heavy atom. The molecule has 0 saturated heterocycles. The van der Waals surface area contributed by atoms with Gasteiger partial charge in [-0.1, -0.05) is 91.0 Å². The summed E-state index contributed by atoms with van der Waals surface area (Å²) < 4.78 is 8.79. The molecule has 5 heteroatoms. The van der Waals surface area contributed by atoms with Gasteiger partial charge in [-0.15, -0.1) is 0 Å². The number of pyridine rings is 2. The number of hydrogen-bond acceptors (Lipinski definition) is 4. The highest BCUT2D eigenvalue weighted by Crippen LogP contribution is 2.42. The van der Waals surface area contributed by atoms with Crippen molar-refractivity contribution in [3.63, 3.8) is 0 Å². The van der Waals surface area contributed by atoms with E-state index >= 15 is 0 Å². The molecule has 0 spiro atoms. The molecule has 4 heterocycles. The molecule has 0 N–H and O–H groups in total. The van der Waals surface area contributed by atoms with E-state index in [4.69, 9.17) is 19.4 Å². The fraction of sp³-hybridized carbons (Fsp3) is 0.0541. The molecule has 0 aliphatic rings. The van der Waals surface area contributed by atoms with Crippen LogP contribution in [0.15, 0.2) is 126 Å².